The molecule has 47 heavy (non-hydrogen) atoms. The number of hydrogen-bond donors (Lipinski definition) is 0. The van der Waals surface area contributed by atoms with Crippen molar-refractivity contribution in [3.63, 3.8) is 0 Å². The van der Waals surface area contributed by atoms with E-state index in [0.717, 1.165) is 33.9 Å². The molecule has 6 aromatic rings. The zero-order valence-corrected chi connectivity index (χ0v) is 31.1. The summed E-state index contributed by atoms with van der Waals surface area (Å²) in [6, 6.07) is 38.8. The van der Waals surface area contributed by atoms with E-state index in [1.807, 2.05) is 73.1 Å². The first-order valence-electron chi connectivity index (χ1n) is 15.6. The normalized spacial score (nSPS) is 10.8. The van der Waals surface area contributed by atoms with Gasteiger partial charge in [0.15, 0.2) is 0 Å². The summed E-state index contributed by atoms with van der Waals surface area (Å²) in [5, 5.41) is 0. The Hall–Kier alpha value is -4.31. The summed E-state index contributed by atoms with van der Waals surface area (Å²) in [7, 11) is 0. The average molecular weight is 797 g/mol. The zero-order chi connectivity index (χ0) is 33.2. The number of pyridine rings is 4. The van der Waals surface area contributed by atoms with E-state index < -0.39 is 0 Å². The number of hydrogen-bond acceptors (Lipinski definition) is 4. The van der Waals surface area contributed by atoms with Crippen LogP contribution in [0.15, 0.2) is 122 Å². The van der Waals surface area contributed by atoms with Gasteiger partial charge in [-0.25, -0.2) is 0 Å². The molecule has 0 amide bonds. The molecule has 0 aliphatic carbocycles. The van der Waals surface area contributed by atoms with Crippen LogP contribution in [-0.2, 0) is 30.9 Å². The minimum atomic E-state index is 0. The topological polar surface area (TPSA) is 51.6 Å². The second kappa shape index (κ2) is 17.0. The molecule has 0 atom stereocenters. The standard InChI is InChI=1S/C18H24N2.2C12H10N.Ir/c1-17(2,3)13-7-9-19-15(11-13)16-12-14(8-10-20-16)18(4,5)6;2*1-10-5-7-11(8-6-10)12-4-2-3-9-13-12;/h7-12H,1-6H3;2*2-7,9H,1H3;/q;2*-1;. The van der Waals surface area contributed by atoms with Gasteiger partial charge in [-0.1, -0.05) is 79.7 Å². The van der Waals surface area contributed by atoms with Gasteiger partial charge in [0.25, 0.3) is 0 Å². The smallest absolute Gasteiger partial charge is 0.0889 e. The van der Waals surface area contributed by atoms with Gasteiger partial charge in [-0.15, -0.1) is 70.8 Å². The van der Waals surface area contributed by atoms with Crippen LogP contribution in [0.3, 0.4) is 0 Å². The largest absolute Gasteiger partial charge is 0.305 e. The Balaban J connectivity index is 0.000000196. The van der Waals surface area contributed by atoms with Crippen LogP contribution >= 0.6 is 0 Å². The van der Waals surface area contributed by atoms with Crippen molar-refractivity contribution in [2.24, 2.45) is 0 Å². The molecule has 4 nitrogen and oxygen atoms in total. The number of rotatable bonds is 3. The van der Waals surface area contributed by atoms with E-state index in [0.29, 0.717) is 0 Å². The van der Waals surface area contributed by atoms with Crippen LogP contribution in [0.25, 0.3) is 33.9 Å². The van der Waals surface area contributed by atoms with Gasteiger partial charge in [0, 0.05) is 44.9 Å². The fourth-order valence-electron chi connectivity index (χ4n) is 4.44. The maximum atomic E-state index is 4.48. The molecule has 2 aromatic carbocycles. The molecule has 0 unspecified atom stereocenters. The molecule has 0 bridgehead atoms. The molecule has 4 heterocycles. The van der Waals surface area contributed by atoms with Gasteiger partial charge in [-0.2, -0.15) is 0 Å². The Labute approximate surface area is 295 Å². The van der Waals surface area contributed by atoms with Crippen molar-refractivity contribution in [1.82, 2.24) is 19.9 Å². The van der Waals surface area contributed by atoms with Gasteiger partial charge in [0.2, 0.25) is 0 Å². The molecule has 0 aliphatic heterocycles. The number of aryl methyl sites for hydroxylation is 2. The Morgan fingerprint density at radius 2 is 0.830 bits per heavy atom. The van der Waals surface area contributed by atoms with Crippen LogP contribution in [-0.4, -0.2) is 19.9 Å². The van der Waals surface area contributed by atoms with E-state index in [4.69, 9.17) is 0 Å². The molecule has 6 rings (SSSR count). The zero-order valence-electron chi connectivity index (χ0n) is 28.7. The summed E-state index contributed by atoms with van der Waals surface area (Å²) < 4.78 is 0. The Morgan fingerprint density at radius 3 is 1.13 bits per heavy atom. The first-order valence-corrected chi connectivity index (χ1v) is 15.6. The molecule has 243 valence electrons. The summed E-state index contributed by atoms with van der Waals surface area (Å²) in [6.07, 6.45) is 7.34. The first kappa shape index (κ1) is 37.2. The second-order valence-corrected chi connectivity index (χ2v) is 13.3. The molecule has 1 radical (unpaired) electrons. The third-order valence-corrected chi connectivity index (χ3v) is 7.33. The average Bonchev–Trinajstić information content (AvgIpc) is 3.06. The predicted molar refractivity (Wildman–Crippen MR) is 191 cm³/mol. The predicted octanol–water partition coefficient (Wildman–Crippen LogP) is 10.5. The number of aromatic nitrogens is 4. The summed E-state index contributed by atoms with van der Waals surface area (Å²) in [5.41, 5.74) is 11.2. The minimum absolute atomic E-state index is 0. The van der Waals surface area contributed by atoms with Gasteiger partial charge in [0.1, 0.15) is 0 Å². The van der Waals surface area contributed by atoms with Crippen LogP contribution in [0.5, 0.6) is 0 Å². The minimum Gasteiger partial charge on any atom is -0.305 e. The van der Waals surface area contributed by atoms with Crippen molar-refractivity contribution < 1.29 is 20.1 Å². The van der Waals surface area contributed by atoms with Crippen molar-refractivity contribution in [3.8, 4) is 33.9 Å². The van der Waals surface area contributed by atoms with E-state index in [1.54, 1.807) is 12.4 Å². The second-order valence-electron chi connectivity index (χ2n) is 13.3. The monoisotopic (exact) mass is 797 g/mol. The molecule has 0 N–H and O–H groups in total. The fourth-order valence-corrected chi connectivity index (χ4v) is 4.44. The van der Waals surface area contributed by atoms with Crippen LogP contribution in [0.2, 0.25) is 0 Å². The van der Waals surface area contributed by atoms with E-state index in [2.05, 4.69) is 124 Å². The third kappa shape index (κ3) is 11.5. The Morgan fingerprint density at radius 1 is 0.447 bits per heavy atom. The van der Waals surface area contributed by atoms with Crippen molar-refractivity contribution in [2.45, 2.75) is 66.2 Å². The summed E-state index contributed by atoms with van der Waals surface area (Å²) in [6.45, 7) is 17.4. The summed E-state index contributed by atoms with van der Waals surface area (Å²) >= 11 is 0. The van der Waals surface area contributed by atoms with Crippen molar-refractivity contribution in [1.29, 1.82) is 0 Å². The number of benzene rings is 2. The van der Waals surface area contributed by atoms with Crippen LogP contribution < -0.4 is 0 Å². The molecular formula is C42H44IrN4-2. The molecular weight excluding hydrogens is 753 g/mol. The SMILES string of the molecule is CC(C)(C)c1ccnc(-c2cc(C(C)(C)C)ccn2)c1.Cc1c[c-]c(-c2ccccn2)cc1.Cc1c[c-]c(-c2ccccn2)cc1.[Ir]. The van der Waals surface area contributed by atoms with Crippen LogP contribution in [0.1, 0.15) is 63.8 Å². The molecule has 5 heteroatoms. The quantitative estimate of drug-likeness (QED) is 0.167. The van der Waals surface area contributed by atoms with Gasteiger partial charge < -0.3 is 9.97 Å². The van der Waals surface area contributed by atoms with E-state index in [-0.39, 0.29) is 30.9 Å². The maximum Gasteiger partial charge on any atom is 0.0889 e. The molecule has 0 saturated carbocycles. The van der Waals surface area contributed by atoms with E-state index >= 15 is 0 Å². The summed E-state index contributed by atoms with van der Waals surface area (Å²) in [5.74, 6) is 0. The Kier molecular flexibility index (Phi) is 13.4. The van der Waals surface area contributed by atoms with Crippen LogP contribution in [0.4, 0.5) is 0 Å². The van der Waals surface area contributed by atoms with Gasteiger partial charge in [0.05, 0.1) is 11.4 Å². The van der Waals surface area contributed by atoms with Crippen LogP contribution in [0, 0.1) is 26.0 Å². The molecule has 0 saturated heterocycles. The molecule has 0 aliphatic rings. The summed E-state index contributed by atoms with van der Waals surface area (Å²) in [4.78, 5) is 17.5. The first-order chi connectivity index (χ1) is 21.9. The van der Waals surface area contributed by atoms with E-state index in [9.17, 15) is 0 Å². The van der Waals surface area contributed by atoms with Crippen molar-refractivity contribution in [3.05, 3.63) is 156 Å². The molecule has 0 spiro atoms. The molecule has 4 aromatic heterocycles. The Bertz CT molecular complexity index is 1650. The van der Waals surface area contributed by atoms with Crippen molar-refractivity contribution >= 4 is 0 Å². The maximum absolute atomic E-state index is 4.48. The number of nitrogens with zero attached hydrogens (tertiary/aromatic N) is 4. The third-order valence-electron chi connectivity index (χ3n) is 7.33. The van der Waals surface area contributed by atoms with Gasteiger partial charge in [-0.05, 0) is 69.7 Å². The fraction of sp³-hybridized carbons (Fsp3) is 0.238. The van der Waals surface area contributed by atoms with Gasteiger partial charge >= 0.3 is 0 Å². The van der Waals surface area contributed by atoms with Crippen molar-refractivity contribution in [2.75, 3.05) is 0 Å². The molecule has 0 fully saturated rings. The van der Waals surface area contributed by atoms with E-state index in [1.165, 1.54) is 22.3 Å². The van der Waals surface area contributed by atoms with Gasteiger partial charge in [-0.3, -0.25) is 9.97 Å².